The van der Waals surface area contributed by atoms with Gasteiger partial charge in [-0.2, -0.15) is 13.2 Å². The first-order chi connectivity index (χ1) is 9.75. The van der Waals surface area contributed by atoms with Crippen LogP contribution in [0.1, 0.15) is 31.0 Å². The number of aromatic amines is 1. The SMILES string of the molecule is CCCCc1[nH]c2c([N+](=O)[O-])cc(C(F)(F)F)cc2c1Br. The normalized spacial score (nSPS) is 12.0. The van der Waals surface area contributed by atoms with Crippen LogP contribution >= 0.6 is 15.9 Å². The van der Waals surface area contributed by atoms with Crippen molar-refractivity contribution >= 4 is 32.5 Å². The molecule has 21 heavy (non-hydrogen) atoms. The molecule has 4 nitrogen and oxygen atoms in total. The van der Waals surface area contributed by atoms with Crippen molar-refractivity contribution in [1.29, 1.82) is 0 Å². The summed E-state index contributed by atoms with van der Waals surface area (Å²) in [6, 6.07) is 1.49. The van der Waals surface area contributed by atoms with Gasteiger partial charge in [0.2, 0.25) is 0 Å². The zero-order valence-corrected chi connectivity index (χ0v) is 12.6. The molecule has 0 atom stereocenters. The number of halogens is 4. The van der Waals surface area contributed by atoms with Crippen molar-refractivity contribution < 1.29 is 18.1 Å². The van der Waals surface area contributed by atoms with E-state index in [9.17, 15) is 23.3 Å². The van der Waals surface area contributed by atoms with E-state index in [0.717, 1.165) is 18.9 Å². The van der Waals surface area contributed by atoms with Crippen molar-refractivity contribution in [2.24, 2.45) is 0 Å². The number of alkyl halides is 3. The Morgan fingerprint density at radius 1 is 1.38 bits per heavy atom. The molecule has 0 bridgehead atoms. The van der Waals surface area contributed by atoms with Crippen molar-refractivity contribution in [3.05, 3.63) is 38.0 Å². The fourth-order valence-electron chi connectivity index (χ4n) is 2.13. The van der Waals surface area contributed by atoms with E-state index in [1.165, 1.54) is 0 Å². The molecule has 0 radical (unpaired) electrons. The number of hydrogen-bond acceptors (Lipinski definition) is 2. The lowest BCUT2D eigenvalue weighted by Gasteiger charge is -2.06. The van der Waals surface area contributed by atoms with Gasteiger partial charge in [0.1, 0.15) is 5.52 Å². The molecule has 8 heteroatoms. The summed E-state index contributed by atoms with van der Waals surface area (Å²) in [5, 5.41) is 11.2. The fourth-order valence-corrected chi connectivity index (χ4v) is 2.74. The predicted molar refractivity (Wildman–Crippen MR) is 76.3 cm³/mol. The molecule has 114 valence electrons. The Morgan fingerprint density at radius 3 is 2.57 bits per heavy atom. The van der Waals surface area contributed by atoms with Crippen molar-refractivity contribution in [1.82, 2.24) is 4.98 Å². The van der Waals surface area contributed by atoms with E-state index in [0.29, 0.717) is 22.7 Å². The molecule has 0 amide bonds. The molecule has 0 spiro atoms. The highest BCUT2D eigenvalue weighted by molar-refractivity contribution is 9.10. The van der Waals surface area contributed by atoms with Crippen LogP contribution < -0.4 is 0 Å². The first-order valence-corrected chi connectivity index (χ1v) is 7.10. The van der Waals surface area contributed by atoms with Crippen molar-refractivity contribution in [2.45, 2.75) is 32.4 Å². The summed E-state index contributed by atoms with van der Waals surface area (Å²) < 4.78 is 39.0. The second-order valence-corrected chi connectivity index (χ2v) is 5.49. The number of unbranched alkanes of at least 4 members (excludes halogenated alkanes) is 1. The Kier molecular flexibility index (Phi) is 4.27. The molecule has 0 aliphatic rings. The fraction of sp³-hybridized carbons (Fsp3) is 0.385. The van der Waals surface area contributed by atoms with Crippen LogP contribution in [-0.2, 0) is 12.6 Å². The first kappa shape index (κ1) is 15.8. The van der Waals surface area contributed by atoms with Crippen LogP contribution in [-0.4, -0.2) is 9.91 Å². The van der Waals surface area contributed by atoms with E-state index in [4.69, 9.17) is 0 Å². The number of aromatic nitrogens is 1. The van der Waals surface area contributed by atoms with Crippen LogP contribution in [0.25, 0.3) is 10.9 Å². The Hall–Kier alpha value is -1.57. The molecule has 1 N–H and O–H groups in total. The van der Waals surface area contributed by atoms with Gasteiger partial charge in [-0.25, -0.2) is 0 Å². The summed E-state index contributed by atoms with van der Waals surface area (Å²) in [6.07, 6.45) is -2.26. The number of nitro groups is 1. The Bertz CT molecular complexity index is 695. The number of H-pyrrole nitrogens is 1. The van der Waals surface area contributed by atoms with E-state index in [2.05, 4.69) is 20.9 Å². The summed E-state index contributed by atoms with van der Waals surface area (Å²) in [6.45, 7) is 1.99. The number of nitro benzene ring substituents is 1. The highest BCUT2D eigenvalue weighted by atomic mass is 79.9. The molecular formula is C13H12BrF3N2O2. The van der Waals surface area contributed by atoms with Gasteiger partial charge in [-0.3, -0.25) is 10.1 Å². The third kappa shape index (κ3) is 3.04. The van der Waals surface area contributed by atoms with Crippen LogP contribution in [0.3, 0.4) is 0 Å². The molecule has 0 fully saturated rings. The third-order valence-electron chi connectivity index (χ3n) is 3.20. The number of nitrogens with zero attached hydrogens (tertiary/aromatic N) is 1. The van der Waals surface area contributed by atoms with Crippen LogP contribution in [0.2, 0.25) is 0 Å². The number of non-ortho nitro benzene ring substituents is 1. The van der Waals surface area contributed by atoms with Gasteiger partial charge >= 0.3 is 6.18 Å². The summed E-state index contributed by atoms with van der Waals surface area (Å²) in [7, 11) is 0. The van der Waals surface area contributed by atoms with Gasteiger partial charge in [0.25, 0.3) is 5.69 Å². The maximum absolute atomic E-state index is 12.9. The Labute approximate surface area is 126 Å². The van der Waals surface area contributed by atoms with Crippen molar-refractivity contribution in [3.63, 3.8) is 0 Å². The highest BCUT2D eigenvalue weighted by Crippen LogP contribution is 2.39. The predicted octanol–water partition coefficient (Wildman–Crippen LogP) is 5.20. The number of nitrogens with one attached hydrogen (secondary N) is 1. The van der Waals surface area contributed by atoms with Gasteiger partial charge in [-0.15, -0.1) is 0 Å². The summed E-state index contributed by atoms with van der Waals surface area (Å²) in [4.78, 5) is 13.1. The quantitative estimate of drug-likeness (QED) is 0.598. The molecule has 1 heterocycles. The van der Waals surface area contributed by atoms with Crippen molar-refractivity contribution in [2.75, 3.05) is 0 Å². The summed E-state index contributed by atoms with van der Waals surface area (Å²) in [5.74, 6) is 0. The number of hydrogen-bond donors (Lipinski definition) is 1. The number of rotatable bonds is 4. The molecule has 1 aromatic carbocycles. The number of aryl methyl sites for hydroxylation is 1. The Balaban J connectivity index is 2.70. The minimum absolute atomic E-state index is 0.117. The molecule has 0 aliphatic heterocycles. The average Bonchev–Trinajstić information content (AvgIpc) is 2.71. The first-order valence-electron chi connectivity index (χ1n) is 6.31. The summed E-state index contributed by atoms with van der Waals surface area (Å²) in [5.41, 5.74) is -0.799. The lowest BCUT2D eigenvalue weighted by molar-refractivity contribution is -0.383. The largest absolute Gasteiger partial charge is 0.416 e. The lowest BCUT2D eigenvalue weighted by atomic mass is 10.1. The average molecular weight is 365 g/mol. The van der Waals surface area contributed by atoms with Gasteiger partial charge in [-0.1, -0.05) is 13.3 Å². The van der Waals surface area contributed by atoms with Crippen LogP contribution in [0.4, 0.5) is 18.9 Å². The van der Waals surface area contributed by atoms with Crippen LogP contribution in [0.5, 0.6) is 0 Å². The van der Waals surface area contributed by atoms with Gasteiger partial charge in [0.15, 0.2) is 0 Å². The lowest BCUT2D eigenvalue weighted by Crippen LogP contribution is -2.05. The van der Waals surface area contributed by atoms with E-state index >= 15 is 0 Å². The third-order valence-corrected chi connectivity index (χ3v) is 4.10. The van der Waals surface area contributed by atoms with E-state index in [1.807, 2.05) is 6.92 Å². The highest BCUT2D eigenvalue weighted by Gasteiger charge is 2.34. The minimum Gasteiger partial charge on any atom is -0.352 e. The molecule has 0 aliphatic carbocycles. The maximum Gasteiger partial charge on any atom is 0.416 e. The molecule has 1 aromatic heterocycles. The molecule has 0 unspecified atom stereocenters. The van der Waals surface area contributed by atoms with Gasteiger partial charge in [0, 0.05) is 21.6 Å². The molecule has 0 saturated carbocycles. The smallest absolute Gasteiger partial charge is 0.352 e. The molecule has 2 rings (SSSR count). The van der Waals surface area contributed by atoms with Crippen molar-refractivity contribution in [3.8, 4) is 0 Å². The second kappa shape index (κ2) is 5.67. The van der Waals surface area contributed by atoms with Crippen LogP contribution in [0, 0.1) is 10.1 Å². The second-order valence-electron chi connectivity index (χ2n) is 4.69. The topological polar surface area (TPSA) is 58.9 Å². The zero-order chi connectivity index (χ0) is 15.8. The monoisotopic (exact) mass is 364 g/mol. The minimum atomic E-state index is -4.63. The van der Waals surface area contributed by atoms with Gasteiger partial charge in [0.05, 0.1) is 10.5 Å². The summed E-state index contributed by atoms with van der Waals surface area (Å²) >= 11 is 3.25. The van der Waals surface area contributed by atoms with Gasteiger partial charge < -0.3 is 4.98 Å². The Morgan fingerprint density at radius 2 is 2.05 bits per heavy atom. The van der Waals surface area contributed by atoms with E-state index in [1.54, 1.807) is 0 Å². The van der Waals surface area contributed by atoms with Gasteiger partial charge in [-0.05, 0) is 34.8 Å². The number of fused-ring (bicyclic) bond motifs is 1. The molecular weight excluding hydrogens is 353 g/mol. The van der Waals surface area contributed by atoms with E-state index < -0.39 is 22.4 Å². The molecule has 2 aromatic rings. The van der Waals surface area contributed by atoms with E-state index in [-0.39, 0.29) is 10.9 Å². The number of benzene rings is 1. The maximum atomic E-state index is 12.9. The van der Waals surface area contributed by atoms with Crippen LogP contribution in [0.15, 0.2) is 16.6 Å². The molecule has 0 saturated heterocycles. The zero-order valence-electron chi connectivity index (χ0n) is 11.1. The standard InChI is InChI=1S/C13H12BrF3N2O2/c1-2-3-4-9-11(14)8-5-7(13(15,16)17)6-10(19(20)21)12(8)18-9/h5-6,18H,2-4H2,1H3.